The molecule has 0 unspecified atom stereocenters. The number of hydrogen-bond acceptors (Lipinski definition) is 2. The molecule has 0 N–H and O–H groups in total. The summed E-state index contributed by atoms with van der Waals surface area (Å²) in [6.45, 7) is 0.799. The number of amides is 1. The summed E-state index contributed by atoms with van der Waals surface area (Å²) in [6, 6.07) is 8.40. The number of nitrogens with zero attached hydrogens (tertiary/aromatic N) is 1. The highest BCUT2D eigenvalue weighted by Crippen LogP contribution is 2.24. The molecule has 0 aromatic heterocycles. The Bertz CT molecular complexity index is 429. The van der Waals surface area contributed by atoms with E-state index in [0.717, 1.165) is 30.3 Å². The number of carbonyl (C=O) groups is 1. The third-order valence-corrected chi connectivity index (χ3v) is 5.04. The maximum absolute atomic E-state index is 12.7. The smallest absolute Gasteiger partial charge is 0.254 e. The lowest BCUT2D eigenvalue weighted by Gasteiger charge is -2.34. The molecule has 1 fully saturated rings. The highest BCUT2D eigenvalue weighted by atomic mass is 79.9. The number of rotatable bonds is 5. The van der Waals surface area contributed by atoms with Gasteiger partial charge >= 0.3 is 0 Å². The van der Waals surface area contributed by atoms with Crippen molar-refractivity contribution in [1.82, 2.24) is 4.90 Å². The predicted molar refractivity (Wildman–Crippen MR) is 89.9 cm³/mol. The summed E-state index contributed by atoms with van der Waals surface area (Å²) in [5.74, 6) is 0.184. The van der Waals surface area contributed by atoms with Crippen LogP contribution in [0.2, 0.25) is 0 Å². The number of alkyl halides is 1. The third-order valence-electron chi connectivity index (χ3n) is 3.94. The van der Waals surface area contributed by atoms with Crippen LogP contribution in [0.25, 0.3) is 0 Å². The summed E-state index contributed by atoms with van der Waals surface area (Å²) in [5.41, 5.74) is 0.814. The van der Waals surface area contributed by atoms with Crippen molar-refractivity contribution in [2.45, 2.75) is 43.0 Å². The Morgan fingerprint density at radius 1 is 1.25 bits per heavy atom. The Kier molecular flexibility index (Phi) is 6.43. The van der Waals surface area contributed by atoms with Crippen molar-refractivity contribution in [2.24, 2.45) is 0 Å². The van der Waals surface area contributed by atoms with E-state index in [4.69, 9.17) is 0 Å². The normalized spacial score (nSPS) is 16.1. The van der Waals surface area contributed by atoms with Gasteiger partial charge in [-0.3, -0.25) is 4.79 Å². The molecule has 0 heterocycles. The Morgan fingerprint density at radius 3 is 2.45 bits per heavy atom. The van der Waals surface area contributed by atoms with Gasteiger partial charge in [-0.2, -0.15) is 0 Å². The molecule has 1 aliphatic carbocycles. The van der Waals surface area contributed by atoms with Gasteiger partial charge in [0.05, 0.1) is 0 Å². The average molecular weight is 356 g/mol. The fourth-order valence-electron chi connectivity index (χ4n) is 2.83. The van der Waals surface area contributed by atoms with Crippen molar-refractivity contribution in [2.75, 3.05) is 18.1 Å². The van der Waals surface area contributed by atoms with Crippen LogP contribution in [-0.4, -0.2) is 35.0 Å². The van der Waals surface area contributed by atoms with Gasteiger partial charge in [-0.15, -0.1) is 11.8 Å². The monoisotopic (exact) mass is 355 g/mol. The van der Waals surface area contributed by atoms with E-state index in [0.29, 0.717) is 6.04 Å². The van der Waals surface area contributed by atoms with Crippen LogP contribution in [0.3, 0.4) is 0 Å². The molecule has 0 spiro atoms. The van der Waals surface area contributed by atoms with Crippen molar-refractivity contribution < 1.29 is 4.79 Å². The molecule has 0 radical (unpaired) electrons. The molecule has 1 aliphatic rings. The summed E-state index contributed by atoms with van der Waals surface area (Å²) in [7, 11) is 0. The van der Waals surface area contributed by atoms with Gasteiger partial charge in [0.15, 0.2) is 0 Å². The zero-order chi connectivity index (χ0) is 14.4. The number of benzene rings is 1. The molecule has 1 amide bonds. The van der Waals surface area contributed by atoms with E-state index in [1.165, 1.54) is 24.2 Å². The van der Waals surface area contributed by atoms with Crippen LogP contribution in [0.1, 0.15) is 42.5 Å². The minimum Gasteiger partial charge on any atom is -0.335 e. The molecule has 1 aromatic rings. The SMILES string of the molecule is CSc1ccc(C(=O)N(CCBr)C2CCCCC2)cc1. The number of hydrogen-bond donors (Lipinski definition) is 0. The average Bonchev–Trinajstić information content (AvgIpc) is 2.53. The van der Waals surface area contributed by atoms with Gasteiger partial charge in [-0.1, -0.05) is 35.2 Å². The lowest BCUT2D eigenvalue weighted by atomic mass is 9.93. The second kappa shape index (κ2) is 8.08. The molecule has 0 bridgehead atoms. The maximum Gasteiger partial charge on any atom is 0.254 e. The van der Waals surface area contributed by atoms with Gasteiger partial charge in [0.25, 0.3) is 5.91 Å². The quantitative estimate of drug-likeness (QED) is 0.569. The second-order valence-electron chi connectivity index (χ2n) is 5.21. The van der Waals surface area contributed by atoms with E-state index in [9.17, 15) is 4.79 Å². The minimum atomic E-state index is 0.184. The van der Waals surface area contributed by atoms with E-state index in [2.05, 4.69) is 27.1 Å². The topological polar surface area (TPSA) is 20.3 Å². The molecule has 0 saturated heterocycles. The van der Waals surface area contributed by atoms with Crippen molar-refractivity contribution in [3.8, 4) is 0 Å². The highest BCUT2D eigenvalue weighted by molar-refractivity contribution is 9.09. The van der Waals surface area contributed by atoms with Crippen LogP contribution in [0.5, 0.6) is 0 Å². The number of carbonyl (C=O) groups excluding carboxylic acids is 1. The van der Waals surface area contributed by atoms with Crippen LogP contribution in [0, 0.1) is 0 Å². The minimum absolute atomic E-state index is 0.184. The first-order chi connectivity index (χ1) is 9.76. The Labute approximate surface area is 134 Å². The molecule has 1 saturated carbocycles. The van der Waals surface area contributed by atoms with Crippen molar-refractivity contribution >= 4 is 33.6 Å². The maximum atomic E-state index is 12.7. The number of thioether (sulfide) groups is 1. The summed E-state index contributed by atoms with van der Waals surface area (Å²) >= 11 is 5.19. The van der Waals surface area contributed by atoms with Gasteiger partial charge < -0.3 is 4.90 Å². The lowest BCUT2D eigenvalue weighted by Crippen LogP contribution is -2.42. The molecular formula is C16H22BrNOS. The predicted octanol–water partition coefficient (Wildman–Crippen LogP) is 4.58. The van der Waals surface area contributed by atoms with E-state index < -0.39 is 0 Å². The highest BCUT2D eigenvalue weighted by Gasteiger charge is 2.25. The molecule has 2 rings (SSSR count). The van der Waals surface area contributed by atoms with Crippen LogP contribution < -0.4 is 0 Å². The van der Waals surface area contributed by atoms with Crippen molar-refractivity contribution in [3.05, 3.63) is 29.8 Å². The van der Waals surface area contributed by atoms with Gasteiger partial charge in [-0.25, -0.2) is 0 Å². The van der Waals surface area contributed by atoms with E-state index in [-0.39, 0.29) is 5.91 Å². The zero-order valence-corrected chi connectivity index (χ0v) is 14.4. The fourth-order valence-corrected chi connectivity index (χ4v) is 3.62. The van der Waals surface area contributed by atoms with Crippen LogP contribution >= 0.6 is 27.7 Å². The summed E-state index contributed by atoms with van der Waals surface area (Å²) in [5, 5.41) is 0.845. The largest absolute Gasteiger partial charge is 0.335 e. The van der Waals surface area contributed by atoms with Crippen molar-refractivity contribution in [1.29, 1.82) is 0 Å². The molecular weight excluding hydrogens is 334 g/mol. The first-order valence-corrected chi connectivity index (χ1v) is 9.62. The van der Waals surface area contributed by atoms with Gasteiger partial charge in [0, 0.05) is 28.4 Å². The van der Waals surface area contributed by atoms with E-state index in [1.807, 2.05) is 24.3 Å². The molecule has 0 aliphatic heterocycles. The molecule has 1 aromatic carbocycles. The Morgan fingerprint density at radius 2 is 1.90 bits per heavy atom. The van der Waals surface area contributed by atoms with E-state index in [1.54, 1.807) is 11.8 Å². The van der Waals surface area contributed by atoms with Gasteiger partial charge in [0.1, 0.15) is 0 Å². The standard InChI is InChI=1S/C16H22BrNOS/c1-20-15-9-7-13(8-10-15)16(19)18(12-11-17)14-5-3-2-4-6-14/h7-10,14H,2-6,11-12H2,1H3. The Hall–Kier alpha value is -0.480. The molecule has 20 heavy (non-hydrogen) atoms. The van der Waals surface area contributed by atoms with Crippen LogP contribution in [0.15, 0.2) is 29.2 Å². The summed E-state index contributed by atoms with van der Waals surface area (Å²) < 4.78 is 0. The van der Waals surface area contributed by atoms with Crippen LogP contribution in [0.4, 0.5) is 0 Å². The molecule has 110 valence electrons. The first kappa shape index (κ1) is 15.9. The van der Waals surface area contributed by atoms with Gasteiger partial charge in [0.2, 0.25) is 0 Å². The summed E-state index contributed by atoms with van der Waals surface area (Å²) in [6.07, 6.45) is 8.18. The van der Waals surface area contributed by atoms with E-state index >= 15 is 0 Å². The fraction of sp³-hybridized carbons (Fsp3) is 0.562. The number of halogens is 1. The summed E-state index contributed by atoms with van der Waals surface area (Å²) in [4.78, 5) is 16.0. The third kappa shape index (κ3) is 4.01. The molecule has 2 nitrogen and oxygen atoms in total. The van der Waals surface area contributed by atoms with Crippen molar-refractivity contribution in [3.63, 3.8) is 0 Å². The second-order valence-corrected chi connectivity index (χ2v) is 6.88. The Balaban J connectivity index is 2.12. The molecule has 4 heteroatoms. The molecule has 0 atom stereocenters. The first-order valence-electron chi connectivity index (χ1n) is 7.27. The lowest BCUT2D eigenvalue weighted by molar-refractivity contribution is 0.0651. The van der Waals surface area contributed by atoms with Gasteiger partial charge in [-0.05, 0) is 43.4 Å². The zero-order valence-electron chi connectivity index (χ0n) is 12.0. The van der Waals surface area contributed by atoms with Crippen LogP contribution in [-0.2, 0) is 0 Å².